The van der Waals surface area contributed by atoms with E-state index in [2.05, 4.69) is 12.2 Å². The van der Waals surface area contributed by atoms with Crippen LogP contribution in [0.5, 0.6) is 0 Å². The number of nitrogens with two attached hydrogens (primary N) is 1. The first-order chi connectivity index (χ1) is 7.87. The van der Waals surface area contributed by atoms with Crippen LogP contribution in [0.3, 0.4) is 0 Å². The van der Waals surface area contributed by atoms with Crippen molar-refractivity contribution in [2.45, 2.75) is 71.3 Å². The molecular weight excluding hydrogens is 212 g/mol. The molecule has 1 rings (SSSR count). The molecule has 0 bridgehead atoms. The molecule has 0 atom stereocenters. The van der Waals surface area contributed by atoms with Gasteiger partial charge in [0, 0.05) is 18.5 Å². The van der Waals surface area contributed by atoms with Crippen LogP contribution in [0.2, 0.25) is 0 Å². The zero-order valence-electron chi connectivity index (χ0n) is 11.6. The summed E-state index contributed by atoms with van der Waals surface area (Å²) in [5, 5.41) is 3.09. The van der Waals surface area contributed by atoms with E-state index < -0.39 is 0 Å². The van der Waals surface area contributed by atoms with E-state index in [1.807, 2.05) is 13.8 Å². The molecule has 0 heterocycles. The van der Waals surface area contributed by atoms with Crippen molar-refractivity contribution in [3.8, 4) is 0 Å². The lowest BCUT2D eigenvalue weighted by molar-refractivity contribution is -0.122. The Hall–Kier alpha value is -0.570. The number of amides is 1. The summed E-state index contributed by atoms with van der Waals surface area (Å²) < 4.78 is 0. The molecule has 1 amide bonds. The smallest absolute Gasteiger partial charge is 0.220 e. The van der Waals surface area contributed by atoms with Crippen LogP contribution in [0.4, 0.5) is 0 Å². The number of rotatable bonds is 6. The molecule has 3 N–H and O–H groups in total. The molecule has 0 aromatic carbocycles. The third-order valence-electron chi connectivity index (χ3n) is 4.07. The maximum atomic E-state index is 11.7. The van der Waals surface area contributed by atoms with E-state index in [1.165, 1.54) is 32.1 Å². The van der Waals surface area contributed by atoms with Gasteiger partial charge in [0.05, 0.1) is 0 Å². The maximum Gasteiger partial charge on any atom is 0.220 e. The maximum absolute atomic E-state index is 11.7. The Labute approximate surface area is 106 Å². The summed E-state index contributed by atoms with van der Waals surface area (Å²) in [6.07, 6.45) is 7.65. The Morgan fingerprint density at radius 3 is 2.41 bits per heavy atom. The summed E-state index contributed by atoms with van der Waals surface area (Å²) in [5.41, 5.74) is 6.01. The fourth-order valence-corrected chi connectivity index (χ4v) is 2.59. The third kappa shape index (κ3) is 5.07. The van der Waals surface area contributed by atoms with E-state index in [9.17, 15) is 4.79 Å². The van der Waals surface area contributed by atoms with Crippen molar-refractivity contribution in [2.24, 2.45) is 11.1 Å². The summed E-state index contributed by atoms with van der Waals surface area (Å²) in [7, 11) is 0. The first-order valence-corrected chi connectivity index (χ1v) is 6.92. The van der Waals surface area contributed by atoms with Gasteiger partial charge in [-0.05, 0) is 44.9 Å². The van der Waals surface area contributed by atoms with Crippen molar-refractivity contribution in [1.29, 1.82) is 0 Å². The zero-order chi connectivity index (χ0) is 12.9. The minimum Gasteiger partial charge on any atom is -0.356 e. The summed E-state index contributed by atoms with van der Waals surface area (Å²) in [5.74, 6) is 0.156. The normalized spacial score (nSPS) is 19.3. The van der Waals surface area contributed by atoms with Crippen LogP contribution >= 0.6 is 0 Å². The molecular formula is C14H28N2O. The highest BCUT2D eigenvalue weighted by atomic mass is 16.1. The van der Waals surface area contributed by atoms with Crippen LogP contribution in [0.1, 0.15) is 65.7 Å². The molecule has 3 nitrogen and oxygen atoms in total. The second kappa shape index (κ2) is 5.85. The lowest BCUT2D eigenvalue weighted by Gasteiger charge is -2.28. The lowest BCUT2D eigenvalue weighted by Crippen LogP contribution is -2.38. The van der Waals surface area contributed by atoms with E-state index in [-0.39, 0.29) is 11.4 Å². The highest BCUT2D eigenvalue weighted by Crippen LogP contribution is 2.40. The van der Waals surface area contributed by atoms with Crippen LogP contribution in [-0.2, 0) is 4.79 Å². The van der Waals surface area contributed by atoms with Crippen molar-refractivity contribution >= 4 is 5.91 Å². The summed E-state index contributed by atoms with van der Waals surface area (Å²) >= 11 is 0. The number of carbonyl (C=O) groups is 1. The van der Waals surface area contributed by atoms with Gasteiger partial charge in [-0.1, -0.05) is 19.8 Å². The molecule has 3 heteroatoms. The first-order valence-electron chi connectivity index (χ1n) is 6.92. The van der Waals surface area contributed by atoms with Gasteiger partial charge in [0.2, 0.25) is 5.91 Å². The minimum absolute atomic E-state index is 0.156. The standard InChI is InChI=1S/C14H28N2O/c1-4-14(8-5-6-9-14)11-16-12(17)7-10-13(2,3)15/h4-11,15H2,1-3H3,(H,16,17). The Kier molecular flexibility index (Phi) is 4.99. The van der Waals surface area contributed by atoms with Crippen LogP contribution in [0.15, 0.2) is 0 Å². The average Bonchev–Trinajstić information content (AvgIpc) is 2.72. The predicted molar refractivity (Wildman–Crippen MR) is 71.7 cm³/mol. The highest BCUT2D eigenvalue weighted by Gasteiger charge is 2.32. The number of nitrogens with one attached hydrogen (secondary N) is 1. The summed E-state index contributed by atoms with van der Waals surface area (Å²) in [6.45, 7) is 7.02. The zero-order valence-corrected chi connectivity index (χ0v) is 11.6. The van der Waals surface area contributed by atoms with Gasteiger partial charge in [-0.3, -0.25) is 4.79 Å². The molecule has 0 spiro atoms. The van der Waals surface area contributed by atoms with E-state index in [0.29, 0.717) is 11.8 Å². The molecule has 0 radical (unpaired) electrons. The van der Waals surface area contributed by atoms with Gasteiger partial charge in [-0.2, -0.15) is 0 Å². The van der Waals surface area contributed by atoms with E-state index >= 15 is 0 Å². The molecule has 1 aliphatic carbocycles. The average molecular weight is 240 g/mol. The molecule has 1 aliphatic rings. The molecule has 0 unspecified atom stereocenters. The number of hydrogen-bond acceptors (Lipinski definition) is 2. The Bertz CT molecular complexity index is 249. The van der Waals surface area contributed by atoms with Gasteiger partial charge >= 0.3 is 0 Å². The SMILES string of the molecule is CCC1(CNC(=O)CCC(C)(C)N)CCCC1. The van der Waals surface area contributed by atoms with E-state index in [0.717, 1.165) is 13.0 Å². The van der Waals surface area contributed by atoms with Crippen molar-refractivity contribution in [2.75, 3.05) is 6.54 Å². The molecule has 17 heavy (non-hydrogen) atoms. The minimum atomic E-state index is -0.243. The van der Waals surface area contributed by atoms with Crippen LogP contribution in [0, 0.1) is 5.41 Å². The van der Waals surface area contributed by atoms with Crippen molar-refractivity contribution in [3.63, 3.8) is 0 Å². The monoisotopic (exact) mass is 240 g/mol. The summed E-state index contributed by atoms with van der Waals surface area (Å²) in [4.78, 5) is 11.7. The molecule has 0 aromatic heterocycles. The quantitative estimate of drug-likeness (QED) is 0.750. The van der Waals surface area contributed by atoms with E-state index in [1.54, 1.807) is 0 Å². The largest absolute Gasteiger partial charge is 0.356 e. The first kappa shape index (κ1) is 14.5. The van der Waals surface area contributed by atoms with Gasteiger partial charge in [-0.15, -0.1) is 0 Å². The van der Waals surface area contributed by atoms with E-state index in [4.69, 9.17) is 5.73 Å². The molecule has 1 fully saturated rings. The van der Waals surface area contributed by atoms with Gasteiger partial charge in [-0.25, -0.2) is 0 Å². The predicted octanol–water partition coefficient (Wildman–Crippen LogP) is 2.59. The Balaban J connectivity index is 2.27. The molecule has 1 saturated carbocycles. The fourth-order valence-electron chi connectivity index (χ4n) is 2.59. The fraction of sp³-hybridized carbons (Fsp3) is 0.929. The Morgan fingerprint density at radius 2 is 1.94 bits per heavy atom. The van der Waals surface area contributed by atoms with Crippen LogP contribution in [-0.4, -0.2) is 18.0 Å². The number of carbonyl (C=O) groups excluding carboxylic acids is 1. The second-order valence-electron chi connectivity index (χ2n) is 6.33. The Morgan fingerprint density at radius 1 is 1.35 bits per heavy atom. The highest BCUT2D eigenvalue weighted by molar-refractivity contribution is 5.76. The van der Waals surface area contributed by atoms with Crippen molar-refractivity contribution < 1.29 is 4.79 Å². The number of hydrogen-bond donors (Lipinski definition) is 2. The van der Waals surface area contributed by atoms with Gasteiger partial charge in [0.15, 0.2) is 0 Å². The van der Waals surface area contributed by atoms with Gasteiger partial charge in [0.1, 0.15) is 0 Å². The third-order valence-corrected chi connectivity index (χ3v) is 4.07. The summed E-state index contributed by atoms with van der Waals surface area (Å²) in [6, 6.07) is 0. The second-order valence-corrected chi connectivity index (χ2v) is 6.33. The molecule has 100 valence electrons. The van der Waals surface area contributed by atoms with Gasteiger partial charge < -0.3 is 11.1 Å². The van der Waals surface area contributed by atoms with Crippen LogP contribution < -0.4 is 11.1 Å². The van der Waals surface area contributed by atoms with Crippen molar-refractivity contribution in [1.82, 2.24) is 5.32 Å². The lowest BCUT2D eigenvalue weighted by atomic mass is 9.83. The molecule has 0 aromatic rings. The molecule has 0 saturated heterocycles. The molecule has 0 aliphatic heterocycles. The van der Waals surface area contributed by atoms with Gasteiger partial charge in [0.25, 0.3) is 0 Å². The topological polar surface area (TPSA) is 55.1 Å². The van der Waals surface area contributed by atoms with Crippen LogP contribution in [0.25, 0.3) is 0 Å². The van der Waals surface area contributed by atoms with Crippen molar-refractivity contribution in [3.05, 3.63) is 0 Å².